The minimum atomic E-state index is -0.998. The standard InChI is InChI=1S/C24H26ClIN4O5/c1-13(2)21(22(32)27-18-10-7-15(26)11-17(18)25)30-23(33)20(28-24(30)34)14-5-8-16(9-6-14)35-12-19(31)29(3)4/h5-11,13,21,33H,12H2,1-4H3,(H,27,32)(H,28,34)/t21-/m0/s1. The zero-order valence-corrected chi connectivity index (χ0v) is 22.5. The zero-order valence-electron chi connectivity index (χ0n) is 19.6. The van der Waals surface area contributed by atoms with Crippen molar-refractivity contribution in [1.82, 2.24) is 14.5 Å². The average molecular weight is 613 g/mol. The summed E-state index contributed by atoms with van der Waals surface area (Å²) in [6.45, 7) is 3.44. The second-order valence-corrected chi connectivity index (χ2v) is 10.1. The summed E-state index contributed by atoms with van der Waals surface area (Å²) < 4.78 is 7.41. The second-order valence-electron chi connectivity index (χ2n) is 8.40. The number of anilines is 1. The molecule has 0 aliphatic rings. The number of rotatable bonds is 8. The first kappa shape index (κ1) is 26.6. The fraction of sp³-hybridized carbons (Fsp3) is 0.292. The van der Waals surface area contributed by atoms with E-state index in [9.17, 15) is 19.5 Å². The molecule has 3 N–H and O–H groups in total. The van der Waals surface area contributed by atoms with E-state index in [0.29, 0.717) is 22.0 Å². The number of carbonyl (C=O) groups is 2. The van der Waals surface area contributed by atoms with Crippen LogP contribution in [-0.2, 0) is 9.59 Å². The van der Waals surface area contributed by atoms with Gasteiger partial charge in [0.05, 0.1) is 10.7 Å². The Hall–Kier alpha value is -2.99. The van der Waals surface area contributed by atoms with Gasteiger partial charge in [-0.15, -0.1) is 0 Å². The van der Waals surface area contributed by atoms with Crippen LogP contribution in [0.4, 0.5) is 5.69 Å². The average Bonchev–Trinajstić information content (AvgIpc) is 3.08. The molecule has 0 aliphatic heterocycles. The summed E-state index contributed by atoms with van der Waals surface area (Å²) >= 11 is 8.36. The normalized spacial score (nSPS) is 11.9. The lowest BCUT2D eigenvalue weighted by Crippen LogP contribution is -2.35. The largest absolute Gasteiger partial charge is 0.493 e. The molecule has 1 atom stereocenters. The Bertz CT molecular complexity index is 1280. The van der Waals surface area contributed by atoms with Crippen molar-refractivity contribution in [2.24, 2.45) is 5.92 Å². The number of halogens is 2. The van der Waals surface area contributed by atoms with Crippen LogP contribution in [0.3, 0.4) is 0 Å². The van der Waals surface area contributed by atoms with Crippen LogP contribution in [0.2, 0.25) is 5.02 Å². The predicted molar refractivity (Wildman–Crippen MR) is 143 cm³/mol. The van der Waals surface area contributed by atoms with Crippen molar-refractivity contribution in [3.63, 3.8) is 0 Å². The number of benzene rings is 2. The highest BCUT2D eigenvalue weighted by Gasteiger charge is 2.30. The van der Waals surface area contributed by atoms with Crippen LogP contribution in [0.1, 0.15) is 19.9 Å². The van der Waals surface area contributed by atoms with Gasteiger partial charge in [0.25, 0.3) is 5.91 Å². The van der Waals surface area contributed by atoms with Crippen LogP contribution in [0.15, 0.2) is 47.3 Å². The number of likely N-dealkylation sites (N-methyl/N-ethyl adjacent to an activating group) is 1. The molecule has 9 nitrogen and oxygen atoms in total. The summed E-state index contributed by atoms with van der Waals surface area (Å²) in [5, 5.41) is 14.1. The number of ether oxygens (including phenoxy) is 1. The van der Waals surface area contributed by atoms with Crippen molar-refractivity contribution in [3.05, 3.63) is 61.5 Å². The number of imidazole rings is 1. The van der Waals surface area contributed by atoms with Crippen molar-refractivity contribution in [2.45, 2.75) is 19.9 Å². The number of H-pyrrole nitrogens is 1. The Kier molecular flexibility index (Phi) is 8.49. The summed E-state index contributed by atoms with van der Waals surface area (Å²) in [4.78, 5) is 41.7. The first-order chi connectivity index (χ1) is 16.5. The molecule has 1 aromatic heterocycles. The number of aromatic amines is 1. The van der Waals surface area contributed by atoms with Gasteiger partial charge in [-0.25, -0.2) is 9.36 Å². The molecule has 0 saturated heterocycles. The maximum Gasteiger partial charge on any atom is 0.329 e. The first-order valence-corrected chi connectivity index (χ1v) is 12.2. The van der Waals surface area contributed by atoms with Crippen molar-refractivity contribution in [2.75, 3.05) is 26.0 Å². The summed E-state index contributed by atoms with van der Waals surface area (Å²) in [6, 6.07) is 10.7. The molecule has 186 valence electrons. The van der Waals surface area contributed by atoms with Crippen LogP contribution in [0.25, 0.3) is 11.3 Å². The molecule has 3 rings (SSSR count). The van der Waals surface area contributed by atoms with Crippen LogP contribution in [0.5, 0.6) is 11.6 Å². The summed E-state index contributed by atoms with van der Waals surface area (Å²) in [5.41, 5.74) is 0.455. The van der Waals surface area contributed by atoms with Crippen molar-refractivity contribution >= 4 is 51.7 Å². The Balaban J connectivity index is 1.87. The topological polar surface area (TPSA) is 117 Å². The van der Waals surface area contributed by atoms with E-state index in [0.717, 1.165) is 8.14 Å². The Labute approximate surface area is 221 Å². The van der Waals surface area contributed by atoms with Gasteiger partial charge in [0.1, 0.15) is 17.5 Å². The van der Waals surface area contributed by atoms with E-state index >= 15 is 0 Å². The molecule has 0 saturated carbocycles. The lowest BCUT2D eigenvalue weighted by Gasteiger charge is -2.22. The Morgan fingerprint density at radius 2 is 1.86 bits per heavy atom. The number of nitrogens with one attached hydrogen (secondary N) is 2. The summed E-state index contributed by atoms with van der Waals surface area (Å²) in [6.07, 6.45) is 0. The molecular formula is C24H26ClIN4O5. The number of amides is 2. The van der Waals surface area contributed by atoms with E-state index in [4.69, 9.17) is 16.3 Å². The third-order valence-electron chi connectivity index (χ3n) is 5.27. The van der Waals surface area contributed by atoms with Crippen LogP contribution in [0, 0.1) is 9.49 Å². The second kappa shape index (κ2) is 11.2. The van der Waals surface area contributed by atoms with E-state index in [1.807, 2.05) is 0 Å². The maximum atomic E-state index is 13.2. The van der Waals surface area contributed by atoms with Crippen LogP contribution < -0.4 is 15.7 Å². The fourth-order valence-electron chi connectivity index (χ4n) is 3.41. The van der Waals surface area contributed by atoms with Crippen molar-refractivity contribution in [1.29, 1.82) is 0 Å². The minimum absolute atomic E-state index is 0.111. The van der Waals surface area contributed by atoms with Gasteiger partial charge in [-0.1, -0.05) is 25.4 Å². The summed E-state index contributed by atoms with van der Waals surface area (Å²) in [5.74, 6) is -0.902. The molecule has 0 fully saturated rings. The van der Waals surface area contributed by atoms with Crippen LogP contribution >= 0.6 is 34.2 Å². The monoisotopic (exact) mass is 612 g/mol. The van der Waals surface area contributed by atoms with E-state index in [1.165, 1.54) is 4.90 Å². The first-order valence-electron chi connectivity index (χ1n) is 10.7. The number of hydrogen-bond donors (Lipinski definition) is 3. The molecule has 1 heterocycles. The SMILES string of the molecule is CC(C)[C@@H](C(=O)Nc1ccc(I)cc1Cl)n1c(O)c(-c2ccc(OCC(=O)N(C)C)cc2)[nH]c1=O. The molecule has 0 radical (unpaired) electrons. The Morgan fingerprint density at radius 3 is 2.43 bits per heavy atom. The maximum absolute atomic E-state index is 13.2. The molecule has 2 aromatic carbocycles. The molecule has 2 amide bonds. The number of carbonyl (C=O) groups excluding carboxylic acids is 2. The van der Waals surface area contributed by atoms with Gasteiger partial charge in [0.15, 0.2) is 6.61 Å². The number of aromatic hydroxyl groups is 1. The molecule has 0 spiro atoms. The highest BCUT2D eigenvalue weighted by molar-refractivity contribution is 14.1. The molecule has 0 aliphatic carbocycles. The van der Waals surface area contributed by atoms with E-state index in [2.05, 4.69) is 32.9 Å². The minimum Gasteiger partial charge on any atom is -0.493 e. The van der Waals surface area contributed by atoms with Crippen molar-refractivity contribution < 1.29 is 19.4 Å². The van der Waals surface area contributed by atoms with Gasteiger partial charge in [0, 0.05) is 23.2 Å². The lowest BCUT2D eigenvalue weighted by molar-refractivity contribution is -0.130. The zero-order chi connectivity index (χ0) is 25.9. The van der Waals surface area contributed by atoms with E-state index in [1.54, 1.807) is 70.4 Å². The number of nitrogens with zero attached hydrogens (tertiary/aromatic N) is 2. The highest BCUT2D eigenvalue weighted by Crippen LogP contribution is 2.33. The highest BCUT2D eigenvalue weighted by atomic mass is 127. The molecule has 35 heavy (non-hydrogen) atoms. The van der Waals surface area contributed by atoms with Gasteiger partial charge in [-0.05, 0) is 71.0 Å². The quantitative estimate of drug-likeness (QED) is 0.331. The smallest absolute Gasteiger partial charge is 0.329 e. The molecular weight excluding hydrogens is 587 g/mol. The number of hydrogen-bond acceptors (Lipinski definition) is 5. The van der Waals surface area contributed by atoms with Gasteiger partial charge in [0.2, 0.25) is 11.8 Å². The van der Waals surface area contributed by atoms with Gasteiger partial charge < -0.3 is 25.0 Å². The molecule has 3 aromatic rings. The fourth-order valence-corrected chi connectivity index (χ4v) is 4.31. The Morgan fingerprint density at radius 1 is 1.20 bits per heavy atom. The lowest BCUT2D eigenvalue weighted by atomic mass is 10.0. The van der Waals surface area contributed by atoms with Gasteiger partial charge in [-0.2, -0.15) is 0 Å². The van der Waals surface area contributed by atoms with Gasteiger partial charge >= 0.3 is 5.69 Å². The van der Waals surface area contributed by atoms with E-state index < -0.39 is 17.6 Å². The molecule has 0 bridgehead atoms. The van der Waals surface area contributed by atoms with E-state index in [-0.39, 0.29) is 30.0 Å². The summed E-state index contributed by atoms with van der Waals surface area (Å²) in [7, 11) is 3.27. The third kappa shape index (κ3) is 6.17. The van der Waals surface area contributed by atoms with Crippen LogP contribution in [-0.4, -0.2) is 52.1 Å². The molecule has 0 unspecified atom stereocenters. The molecule has 11 heteroatoms. The number of aromatic nitrogens is 2. The van der Waals surface area contributed by atoms with Gasteiger partial charge in [-0.3, -0.25) is 9.59 Å². The van der Waals surface area contributed by atoms with Crippen molar-refractivity contribution in [3.8, 4) is 22.9 Å². The third-order valence-corrected chi connectivity index (χ3v) is 6.26. The predicted octanol–water partition coefficient (Wildman–Crippen LogP) is 4.11.